The number of nitrogens with zero attached hydrogens (tertiary/aromatic N) is 3. The van der Waals surface area contributed by atoms with Gasteiger partial charge < -0.3 is 0 Å². The van der Waals surface area contributed by atoms with E-state index in [0.29, 0.717) is 21.4 Å². The molecule has 23 heavy (non-hydrogen) atoms. The van der Waals surface area contributed by atoms with Gasteiger partial charge >= 0.3 is 0 Å². The molecule has 0 aliphatic rings. The molecule has 2 aromatic heterocycles. The summed E-state index contributed by atoms with van der Waals surface area (Å²) in [5.74, 6) is 0.340. The smallest absolute Gasteiger partial charge is 0.173 e. The van der Waals surface area contributed by atoms with Gasteiger partial charge in [-0.25, -0.2) is 0 Å². The number of hydrogen-bond donors (Lipinski definition) is 0. The fraction of sp³-hybridized carbons (Fsp3) is 0.0588. The van der Waals surface area contributed by atoms with Gasteiger partial charge in [0.25, 0.3) is 0 Å². The number of Topliss-reactive ketones (excluding diaryl/α,β-unsaturated/α-hetero) is 1. The van der Waals surface area contributed by atoms with E-state index in [4.69, 9.17) is 11.6 Å². The van der Waals surface area contributed by atoms with Gasteiger partial charge in [-0.3, -0.25) is 9.78 Å². The Kier molecular flexibility index (Phi) is 5.00. The molecule has 4 nitrogen and oxygen atoms in total. The van der Waals surface area contributed by atoms with E-state index in [9.17, 15) is 4.79 Å². The number of pyridine rings is 1. The number of thioether (sulfide) groups is 1. The molecular weight excluding hydrogens is 330 g/mol. The molecular formula is C17H12ClN3OS. The SMILES string of the molecule is O=C(CSc1ccc(-c2cccnc2)nn1)c1ccc(Cl)cc1. The van der Waals surface area contributed by atoms with Crippen molar-refractivity contribution in [2.75, 3.05) is 5.75 Å². The molecule has 0 N–H and O–H groups in total. The molecule has 0 radical (unpaired) electrons. The molecule has 2 heterocycles. The summed E-state index contributed by atoms with van der Waals surface area (Å²) in [7, 11) is 0. The lowest BCUT2D eigenvalue weighted by atomic mass is 10.1. The minimum atomic E-state index is 0.0322. The van der Waals surface area contributed by atoms with E-state index in [-0.39, 0.29) is 5.78 Å². The van der Waals surface area contributed by atoms with Gasteiger partial charge in [0.2, 0.25) is 0 Å². The van der Waals surface area contributed by atoms with Gasteiger partial charge in [0.05, 0.1) is 11.4 Å². The molecule has 114 valence electrons. The van der Waals surface area contributed by atoms with Crippen LogP contribution in [0.3, 0.4) is 0 Å². The lowest BCUT2D eigenvalue weighted by molar-refractivity contribution is 0.102. The maximum atomic E-state index is 12.1. The molecule has 6 heteroatoms. The van der Waals surface area contributed by atoms with Crippen LogP contribution in [0.4, 0.5) is 0 Å². The number of hydrogen-bond acceptors (Lipinski definition) is 5. The highest BCUT2D eigenvalue weighted by molar-refractivity contribution is 7.99. The maximum absolute atomic E-state index is 12.1. The zero-order chi connectivity index (χ0) is 16.1. The van der Waals surface area contributed by atoms with Crippen molar-refractivity contribution in [2.24, 2.45) is 0 Å². The van der Waals surface area contributed by atoms with Crippen molar-refractivity contribution in [3.05, 3.63) is 71.5 Å². The predicted octanol–water partition coefficient (Wildman–Crippen LogP) is 4.17. The summed E-state index contributed by atoms with van der Waals surface area (Å²) in [6.07, 6.45) is 3.45. The Labute approximate surface area is 142 Å². The summed E-state index contributed by atoms with van der Waals surface area (Å²) in [4.78, 5) is 16.2. The van der Waals surface area contributed by atoms with Crippen LogP contribution in [-0.4, -0.2) is 26.7 Å². The van der Waals surface area contributed by atoms with Crippen LogP contribution in [0, 0.1) is 0 Å². The molecule has 1 aromatic carbocycles. The van der Waals surface area contributed by atoms with Crippen LogP contribution < -0.4 is 0 Å². The van der Waals surface area contributed by atoms with Crippen LogP contribution in [0.15, 0.2) is 66.0 Å². The molecule has 3 aromatic rings. The Balaban J connectivity index is 1.62. The summed E-state index contributed by atoms with van der Waals surface area (Å²) in [5, 5.41) is 9.64. The van der Waals surface area contributed by atoms with E-state index in [1.54, 1.807) is 36.7 Å². The lowest BCUT2D eigenvalue weighted by Gasteiger charge is -2.02. The summed E-state index contributed by atoms with van der Waals surface area (Å²) < 4.78 is 0. The van der Waals surface area contributed by atoms with Crippen molar-refractivity contribution in [1.29, 1.82) is 0 Å². The van der Waals surface area contributed by atoms with Gasteiger partial charge in [-0.1, -0.05) is 23.4 Å². The molecule has 0 saturated heterocycles. The first-order valence-corrected chi connectivity index (χ1v) is 8.24. The number of benzene rings is 1. The van der Waals surface area contributed by atoms with Crippen LogP contribution in [0.2, 0.25) is 5.02 Å². The van der Waals surface area contributed by atoms with E-state index in [1.165, 1.54) is 11.8 Å². The highest BCUT2D eigenvalue weighted by atomic mass is 35.5. The third-order valence-corrected chi connectivity index (χ3v) is 4.29. The number of ketones is 1. The van der Waals surface area contributed by atoms with E-state index >= 15 is 0 Å². The second kappa shape index (κ2) is 7.35. The van der Waals surface area contributed by atoms with Crippen molar-refractivity contribution < 1.29 is 4.79 Å². The first-order chi connectivity index (χ1) is 11.2. The van der Waals surface area contributed by atoms with E-state index in [0.717, 1.165) is 11.3 Å². The largest absolute Gasteiger partial charge is 0.293 e. The predicted molar refractivity (Wildman–Crippen MR) is 91.8 cm³/mol. The summed E-state index contributed by atoms with van der Waals surface area (Å²) in [5.41, 5.74) is 2.31. The number of carbonyl (C=O) groups is 1. The maximum Gasteiger partial charge on any atom is 0.173 e. The summed E-state index contributed by atoms with van der Waals surface area (Å²) in [6, 6.07) is 14.4. The van der Waals surface area contributed by atoms with Gasteiger partial charge in [-0.15, -0.1) is 10.2 Å². The van der Waals surface area contributed by atoms with E-state index in [1.807, 2.05) is 24.3 Å². The highest BCUT2D eigenvalue weighted by Gasteiger charge is 2.08. The van der Waals surface area contributed by atoms with Crippen molar-refractivity contribution in [3.8, 4) is 11.3 Å². The summed E-state index contributed by atoms with van der Waals surface area (Å²) in [6.45, 7) is 0. The van der Waals surface area contributed by atoms with Crippen LogP contribution in [0.1, 0.15) is 10.4 Å². The first-order valence-electron chi connectivity index (χ1n) is 6.88. The zero-order valence-electron chi connectivity index (χ0n) is 12.0. The Morgan fingerprint density at radius 2 is 1.87 bits per heavy atom. The number of halogens is 1. The first kappa shape index (κ1) is 15.6. The van der Waals surface area contributed by atoms with Crippen molar-refractivity contribution in [3.63, 3.8) is 0 Å². The second-order valence-corrected chi connectivity index (χ2v) is 6.15. The molecule has 0 amide bonds. The lowest BCUT2D eigenvalue weighted by Crippen LogP contribution is -2.02. The minimum absolute atomic E-state index is 0.0322. The summed E-state index contributed by atoms with van der Waals surface area (Å²) >= 11 is 7.18. The molecule has 3 rings (SSSR count). The zero-order valence-corrected chi connectivity index (χ0v) is 13.6. The fourth-order valence-corrected chi connectivity index (χ4v) is 2.76. The van der Waals surface area contributed by atoms with Crippen molar-refractivity contribution in [2.45, 2.75) is 5.03 Å². The van der Waals surface area contributed by atoms with Gasteiger partial charge in [0.1, 0.15) is 5.03 Å². The minimum Gasteiger partial charge on any atom is -0.293 e. The fourth-order valence-electron chi connectivity index (χ4n) is 1.92. The third-order valence-electron chi connectivity index (χ3n) is 3.11. The standard InChI is InChI=1S/C17H12ClN3OS/c18-14-5-3-12(4-6-14)16(22)11-23-17-8-7-15(20-21-17)13-2-1-9-19-10-13/h1-10H,11H2. The average Bonchev–Trinajstić information content (AvgIpc) is 2.61. The normalized spacial score (nSPS) is 10.5. The Hall–Kier alpha value is -2.24. The highest BCUT2D eigenvalue weighted by Crippen LogP contribution is 2.20. The van der Waals surface area contributed by atoms with E-state index in [2.05, 4.69) is 15.2 Å². The van der Waals surface area contributed by atoms with Crippen LogP contribution in [0.25, 0.3) is 11.3 Å². The molecule has 0 saturated carbocycles. The molecule has 0 aliphatic heterocycles. The molecule has 0 bridgehead atoms. The van der Waals surface area contributed by atoms with Crippen LogP contribution in [0.5, 0.6) is 0 Å². The second-order valence-electron chi connectivity index (χ2n) is 4.72. The van der Waals surface area contributed by atoms with Gasteiger partial charge in [-0.2, -0.15) is 0 Å². The Morgan fingerprint density at radius 1 is 1.04 bits per heavy atom. The monoisotopic (exact) mass is 341 g/mol. The molecule has 0 fully saturated rings. The number of carbonyl (C=O) groups excluding carboxylic acids is 1. The van der Waals surface area contributed by atoms with Gasteiger partial charge in [0.15, 0.2) is 5.78 Å². The average molecular weight is 342 g/mol. The third kappa shape index (κ3) is 4.15. The molecule has 0 unspecified atom stereocenters. The number of rotatable bonds is 5. The van der Waals surface area contributed by atoms with Gasteiger partial charge in [0, 0.05) is 28.5 Å². The van der Waals surface area contributed by atoms with Crippen LogP contribution in [-0.2, 0) is 0 Å². The molecule has 0 aliphatic carbocycles. The molecule has 0 spiro atoms. The quantitative estimate of drug-likeness (QED) is 0.515. The Morgan fingerprint density at radius 3 is 2.52 bits per heavy atom. The number of aromatic nitrogens is 3. The van der Waals surface area contributed by atoms with E-state index < -0.39 is 0 Å². The van der Waals surface area contributed by atoms with Crippen molar-refractivity contribution >= 4 is 29.1 Å². The topological polar surface area (TPSA) is 55.7 Å². The van der Waals surface area contributed by atoms with Crippen LogP contribution >= 0.6 is 23.4 Å². The van der Waals surface area contributed by atoms with Crippen molar-refractivity contribution in [1.82, 2.24) is 15.2 Å². The Bertz CT molecular complexity index is 792. The molecule has 0 atom stereocenters. The van der Waals surface area contributed by atoms with Gasteiger partial charge in [-0.05, 0) is 48.5 Å².